The maximum atomic E-state index is 10.8. The monoisotopic (exact) mass is 221 g/mol. The second-order valence-electron chi connectivity index (χ2n) is 2.31. The summed E-state index contributed by atoms with van der Waals surface area (Å²) in [5, 5.41) is 5.36. The van der Waals surface area contributed by atoms with Crippen molar-refractivity contribution in [2.45, 2.75) is 12.8 Å². The molecule has 0 rings (SSSR count). The van der Waals surface area contributed by atoms with E-state index in [9.17, 15) is 9.59 Å². The van der Waals surface area contributed by atoms with E-state index in [4.69, 9.17) is 17.3 Å². The third-order valence-corrected chi connectivity index (χ3v) is 1.49. The number of hydrogen-bond donors (Lipinski definition) is 2. The third-order valence-electron chi connectivity index (χ3n) is 1.22. The molecule has 0 aromatic rings. The molecule has 6 nitrogen and oxygen atoms in total. The predicted octanol–water partition coefficient (Wildman–Crippen LogP) is -0.433. The Morgan fingerprint density at radius 1 is 1.57 bits per heavy atom. The molecule has 0 fully saturated rings. The van der Waals surface area contributed by atoms with Gasteiger partial charge >= 0.3 is 5.97 Å². The summed E-state index contributed by atoms with van der Waals surface area (Å²) in [6, 6.07) is 0. The van der Waals surface area contributed by atoms with E-state index in [2.05, 4.69) is 15.3 Å². The van der Waals surface area contributed by atoms with E-state index in [0.29, 0.717) is 12.3 Å². The maximum absolute atomic E-state index is 10.8. The zero-order chi connectivity index (χ0) is 11.0. The molecule has 0 unspecified atom stereocenters. The zero-order valence-electron chi connectivity index (χ0n) is 7.75. The van der Waals surface area contributed by atoms with E-state index < -0.39 is 17.7 Å². The van der Waals surface area contributed by atoms with Crippen molar-refractivity contribution in [2.75, 3.05) is 12.9 Å². The highest BCUT2D eigenvalue weighted by molar-refractivity contribution is 6.37. The van der Waals surface area contributed by atoms with E-state index in [0.717, 1.165) is 0 Å². The van der Waals surface area contributed by atoms with Gasteiger partial charge in [0.05, 0.1) is 0 Å². The summed E-state index contributed by atoms with van der Waals surface area (Å²) >= 11 is 5.35. The first kappa shape index (κ1) is 12.7. The normalized spacial score (nSPS) is 10.9. The van der Waals surface area contributed by atoms with Gasteiger partial charge in [-0.25, -0.2) is 4.79 Å². The number of carbonyl (C=O) groups excluding carboxylic acids is 2. The molecule has 14 heavy (non-hydrogen) atoms. The highest BCUT2D eigenvalue weighted by Gasteiger charge is 2.06. The van der Waals surface area contributed by atoms with Crippen LogP contribution in [-0.2, 0) is 14.4 Å². The van der Waals surface area contributed by atoms with Crippen LogP contribution in [-0.4, -0.2) is 30.6 Å². The largest absolute Gasteiger partial charge is 0.376 e. The molecule has 0 heterocycles. The number of oxime groups is 1. The zero-order valence-corrected chi connectivity index (χ0v) is 8.50. The molecule has 80 valence electrons. The Balaban J connectivity index is 3.90. The number of nitrogens with two attached hydrogens (primary N) is 1. The lowest BCUT2D eigenvalue weighted by Crippen LogP contribution is -2.34. The molecule has 0 bridgehead atoms. The van der Waals surface area contributed by atoms with Gasteiger partial charge in [-0.05, 0) is 6.42 Å². The number of nitrogens with one attached hydrogen (secondary N) is 1. The smallest absolute Gasteiger partial charge is 0.335 e. The summed E-state index contributed by atoms with van der Waals surface area (Å²) in [5.74, 6) is -1.21. The van der Waals surface area contributed by atoms with Gasteiger partial charge in [-0.15, -0.1) is 11.6 Å². The average molecular weight is 222 g/mol. The number of amidine groups is 1. The number of rotatable bonds is 4. The topological polar surface area (TPSA) is 93.8 Å². The maximum Gasteiger partial charge on any atom is 0.335 e. The fourth-order valence-corrected chi connectivity index (χ4v) is 0.660. The Labute approximate surface area is 86.4 Å². The number of likely N-dealkylation sites (N-methyl/N-ethyl adjacent to an activating group) is 1. The first-order chi connectivity index (χ1) is 6.61. The summed E-state index contributed by atoms with van der Waals surface area (Å²) in [4.78, 5) is 25.9. The fourth-order valence-electron chi connectivity index (χ4n) is 0.526. The molecule has 0 saturated heterocycles. The highest BCUT2D eigenvalue weighted by Crippen LogP contribution is 1.95. The van der Waals surface area contributed by atoms with Crippen LogP contribution in [0.25, 0.3) is 0 Å². The van der Waals surface area contributed by atoms with Gasteiger partial charge in [0.2, 0.25) is 5.84 Å². The molecule has 1 amide bonds. The van der Waals surface area contributed by atoms with Crippen molar-refractivity contribution < 1.29 is 14.4 Å². The minimum atomic E-state index is -0.602. The van der Waals surface area contributed by atoms with Crippen molar-refractivity contribution >= 4 is 29.3 Å². The predicted molar refractivity (Wildman–Crippen MR) is 51.7 cm³/mol. The van der Waals surface area contributed by atoms with Crippen LogP contribution in [0.1, 0.15) is 12.8 Å². The minimum Gasteiger partial charge on any atom is -0.376 e. The van der Waals surface area contributed by atoms with Crippen molar-refractivity contribution in [1.29, 1.82) is 0 Å². The van der Waals surface area contributed by atoms with Crippen LogP contribution in [0.15, 0.2) is 5.16 Å². The molecule has 0 atom stereocenters. The highest BCUT2D eigenvalue weighted by atomic mass is 35.5. The van der Waals surface area contributed by atoms with E-state index in [1.165, 1.54) is 7.05 Å². The quantitative estimate of drug-likeness (QED) is 0.221. The average Bonchev–Trinajstić information content (AvgIpc) is 2.21. The van der Waals surface area contributed by atoms with Crippen LogP contribution < -0.4 is 11.1 Å². The Hall–Kier alpha value is -1.30. The van der Waals surface area contributed by atoms with Gasteiger partial charge in [-0.1, -0.05) is 5.16 Å². The Bertz CT molecular complexity index is 242. The molecule has 0 aliphatic rings. The summed E-state index contributed by atoms with van der Waals surface area (Å²) in [6.07, 6.45) is 0.643. The number of hydrogen-bond acceptors (Lipinski definition) is 4. The lowest BCUT2D eigenvalue weighted by Gasteiger charge is -1.98. The lowest BCUT2D eigenvalue weighted by molar-refractivity contribution is -0.143. The molecule has 3 N–H and O–H groups in total. The van der Waals surface area contributed by atoms with Crippen molar-refractivity contribution in [3.8, 4) is 0 Å². The van der Waals surface area contributed by atoms with E-state index in [1.54, 1.807) is 0 Å². The van der Waals surface area contributed by atoms with Crippen LogP contribution >= 0.6 is 11.6 Å². The molecule has 0 aromatic carbocycles. The first-order valence-electron chi connectivity index (χ1n) is 3.93. The second kappa shape index (κ2) is 7.14. The van der Waals surface area contributed by atoms with Gasteiger partial charge in [-0.3, -0.25) is 4.79 Å². The van der Waals surface area contributed by atoms with E-state index in [-0.39, 0.29) is 6.42 Å². The van der Waals surface area contributed by atoms with Crippen LogP contribution in [0.3, 0.4) is 0 Å². The van der Waals surface area contributed by atoms with E-state index in [1.807, 2.05) is 0 Å². The van der Waals surface area contributed by atoms with Crippen molar-refractivity contribution in [3.05, 3.63) is 0 Å². The molecular formula is C7H12ClN3O3. The van der Waals surface area contributed by atoms with Gasteiger partial charge < -0.3 is 15.9 Å². The number of halogens is 1. The molecule has 0 aliphatic heterocycles. The van der Waals surface area contributed by atoms with Gasteiger partial charge in [0, 0.05) is 19.3 Å². The molecule has 0 aromatic heterocycles. The molecule has 0 radical (unpaired) electrons. The minimum absolute atomic E-state index is 0.147. The summed E-state index contributed by atoms with van der Waals surface area (Å²) in [6.45, 7) is 0. The summed E-state index contributed by atoms with van der Waals surface area (Å²) < 4.78 is 0. The fraction of sp³-hybridized carbons (Fsp3) is 0.571. The number of alkyl halides is 1. The van der Waals surface area contributed by atoms with Crippen molar-refractivity contribution in [3.63, 3.8) is 0 Å². The number of amides is 1. The Morgan fingerprint density at radius 2 is 2.21 bits per heavy atom. The van der Waals surface area contributed by atoms with Gasteiger partial charge in [0.25, 0.3) is 5.91 Å². The van der Waals surface area contributed by atoms with Crippen LogP contribution in [0.4, 0.5) is 0 Å². The standard InChI is InChI=1S/C7H12ClN3O3/c1-10-7(13)6(9)11-14-5(12)3-2-4-8/h2-4H2,1H3,(H2,9,11)(H,10,13). The Morgan fingerprint density at radius 3 is 2.71 bits per heavy atom. The molecule has 7 heteroatoms. The van der Waals surface area contributed by atoms with Crippen molar-refractivity contribution in [2.24, 2.45) is 10.9 Å². The van der Waals surface area contributed by atoms with Gasteiger partial charge in [-0.2, -0.15) is 0 Å². The van der Waals surface area contributed by atoms with Gasteiger partial charge in [0.15, 0.2) is 0 Å². The summed E-state index contributed by atoms with van der Waals surface area (Å²) in [7, 11) is 1.39. The summed E-state index contributed by atoms with van der Waals surface area (Å²) in [5.41, 5.74) is 5.14. The molecule has 0 saturated carbocycles. The second-order valence-corrected chi connectivity index (χ2v) is 2.69. The van der Waals surface area contributed by atoms with Crippen LogP contribution in [0.2, 0.25) is 0 Å². The van der Waals surface area contributed by atoms with Crippen LogP contribution in [0, 0.1) is 0 Å². The van der Waals surface area contributed by atoms with Crippen LogP contribution in [0.5, 0.6) is 0 Å². The SMILES string of the molecule is CNC(=O)/C(N)=N\OC(=O)CCCCl. The Kier molecular flexibility index (Phi) is 6.47. The lowest BCUT2D eigenvalue weighted by atomic mass is 10.3. The van der Waals surface area contributed by atoms with Crippen molar-refractivity contribution in [1.82, 2.24) is 5.32 Å². The number of nitrogens with zero attached hydrogens (tertiary/aromatic N) is 1. The molecule has 0 spiro atoms. The van der Waals surface area contributed by atoms with E-state index >= 15 is 0 Å². The molecular weight excluding hydrogens is 210 g/mol. The van der Waals surface area contributed by atoms with Gasteiger partial charge in [0.1, 0.15) is 0 Å². The molecule has 0 aliphatic carbocycles. The first-order valence-corrected chi connectivity index (χ1v) is 4.46. The third kappa shape index (κ3) is 5.36. The number of carbonyl (C=O) groups is 2.